The van der Waals surface area contributed by atoms with Crippen molar-refractivity contribution in [1.82, 2.24) is 0 Å². The molecule has 0 aromatic carbocycles. The Bertz CT molecular complexity index is 531. The predicted octanol–water partition coefficient (Wildman–Crippen LogP) is -1.78. The molecule has 0 spiro atoms. The van der Waals surface area contributed by atoms with E-state index in [4.69, 9.17) is 0 Å². The average Bonchev–Trinajstić information content (AvgIpc) is 2.64. The van der Waals surface area contributed by atoms with Gasteiger partial charge < -0.3 is 13.6 Å². The van der Waals surface area contributed by atoms with Crippen LogP contribution in [0.15, 0.2) is 0 Å². The number of carbonyl (C=O) groups excluding carboxylic acids is 1. The van der Waals surface area contributed by atoms with E-state index in [1.807, 2.05) is 0 Å². The number of hydrogen-bond acceptors (Lipinski definition) is 7. The summed E-state index contributed by atoms with van der Waals surface area (Å²) in [4.78, 5) is 9.80. The molecule has 8 nitrogen and oxygen atoms in total. The van der Waals surface area contributed by atoms with Gasteiger partial charge in [-0.1, -0.05) is 0 Å². The first kappa shape index (κ1) is 23.6. The molecule has 0 atom stereocenters. The molecule has 0 saturated carbocycles. The first-order chi connectivity index (χ1) is 9.10. The van der Waals surface area contributed by atoms with Crippen LogP contribution in [0.4, 0.5) is 31.1 Å². The summed E-state index contributed by atoms with van der Waals surface area (Å²) in [6, 6.07) is 0. The fourth-order valence-corrected chi connectivity index (χ4v) is 2.21. The van der Waals surface area contributed by atoms with Gasteiger partial charge in [0.2, 0.25) is 0 Å². The zero-order chi connectivity index (χ0) is 17.1. The maximum Gasteiger partial charge on any atom is 1.00 e. The van der Waals surface area contributed by atoms with Crippen LogP contribution < -0.4 is 18.9 Å². The molecule has 1 fully saturated rings. The Balaban J connectivity index is 0. The minimum absolute atomic E-state index is 0. The van der Waals surface area contributed by atoms with Gasteiger partial charge in [-0.25, -0.2) is 21.6 Å². The van der Waals surface area contributed by atoms with Gasteiger partial charge in [-0.15, -0.1) is 0 Å². The molecule has 1 aliphatic rings. The Labute approximate surface area is 131 Å². The van der Waals surface area contributed by atoms with Gasteiger partial charge in [-0.3, -0.25) is 0 Å². The molecule has 126 valence electrons. The van der Waals surface area contributed by atoms with Crippen molar-refractivity contribution in [2.75, 3.05) is 13.2 Å². The van der Waals surface area contributed by atoms with Gasteiger partial charge >= 0.3 is 36.0 Å². The second-order valence-electron chi connectivity index (χ2n) is 2.86. The number of hydrogen-bond donors (Lipinski definition) is 0. The predicted molar refractivity (Wildman–Crippen MR) is 50.6 cm³/mol. The Morgan fingerprint density at radius 3 is 1.23 bits per heavy atom. The number of sulfonamides is 2. The quantitative estimate of drug-likeness (QED) is 0.318. The van der Waals surface area contributed by atoms with Crippen molar-refractivity contribution in [1.29, 1.82) is 0 Å². The smallest absolute Gasteiger partial charge is 0.431 e. The molecular formula is C5H4F6LiNO7S2. The van der Waals surface area contributed by atoms with E-state index in [0.717, 1.165) is 4.13 Å². The van der Waals surface area contributed by atoms with E-state index in [1.54, 1.807) is 0 Å². The van der Waals surface area contributed by atoms with Gasteiger partial charge in [0.1, 0.15) is 13.2 Å². The van der Waals surface area contributed by atoms with Crippen molar-refractivity contribution in [3.63, 3.8) is 0 Å². The van der Waals surface area contributed by atoms with Crippen LogP contribution in [0.3, 0.4) is 0 Å². The molecule has 17 heteroatoms. The first-order valence-corrected chi connectivity index (χ1v) is 7.14. The molecule has 0 aromatic rings. The molecular weight excluding hydrogens is 371 g/mol. The third-order valence-corrected chi connectivity index (χ3v) is 4.04. The maximum atomic E-state index is 11.4. The normalized spacial score (nSPS) is 15.8. The summed E-state index contributed by atoms with van der Waals surface area (Å²) < 4.78 is 118. The Morgan fingerprint density at radius 1 is 0.818 bits per heavy atom. The number of nitrogens with zero attached hydrogens (tertiary/aromatic N) is 1. The standard InChI is InChI=1S/C3H4O3.C2F6NO4S2.Li/c4-3-5-1-2-6-3;3-1(4,5)14(10,11)9-15(12,13)2(6,7)8;/h1-2H2;;/q;-1;+1. The first-order valence-electron chi connectivity index (χ1n) is 4.26. The Hall–Kier alpha value is -0.693. The number of carbonyl (C=O) groups is 1. The third-order valence-electron chi connectivity index (χ3n) is 1.30. The summed E-state index contributed by atoms with van der Waals surface area (Å²) in [6.45, 7) is 0.831. The van der Waals surface area contributed by atoms with E-state index in [1.165, 1.54) is 0 Å². The second kappa shape index (κ2) is 7.72. The summed E-state index contributed by atoms with van der Waals surface area (Å²) in [5, 5.41) is 0. The zero-order valence-corrected chi connectivity index (χ0v) is 11.9. The van der Waals surface area contributed by atoms with Gasteiger partial charge in [-0.2, -0.15) is 26.3 Å². The summed E-state index contributed by atoms with van der Waals surface area (Å²) in [7, 11) is -13.4. The van der Waals surface area contributed by atoms with Crippen LogP contribution in [-0.4, -0.2) is 47.2 Å². The summed E-state index contributed by atoms with van der Waals surface area (Å²) in [5.74, 6) is 0. The van der Waals surface area contributed by atoms with E-state index in [0.29, 0.717) is 13.2 Å². The second-order valence-corrected chi connectivity index (χ2v) is 6.29. The molecule has 0 bridgehead atoms. The summed E-state index contributed by atoms with van der Waals surface area (Å²) in [5.41, 5.74) is -12.4. The van der Waals surface area contributed by atoms with Crippen molar-refractivity contribution in [3.8, 4) is 0 Å². The molecule has 0 N–H and O–H groups in total. The number of ether oxygens (including phenoxy) is 2. The number of halogens is 6. The average molecular weight is 375 g/mol. The van der Waals surface area contributed by atoms with Crippen LogP contribution in [0.5, 0.6) is 0 Å². The fraction of sp³-hybridized carbons (Fsp3) is 0.800. The minimum Gasteiger partial charge on any atom is -0.431 e. The molecule has 1 aliphatic heterocycles. The zero-order valence-electron chi connectivity index (χ0n) is 10.3. The summed E-state index contributed by atoms with van der Waals surface area (Å²) in [6.07, 6.45) is -0.546. The van der Waals surface area contributed by atoms with E-state index in [2.05, 4.69) is 9.47 Å². The largest absolute Gasteiger partial charge is 1.00 e. The van der Waals surface area contributed by atoms with Gasteiger partial charge in [0, 0.05) is 0 Å². The maximum absolute atomic E-state index is 11.4. The van der Waals surface area contributed by atoms with Gasteiger partial charge in [0.05, 0.1) is 0 Å². The van der Waals surface area contributed by atoms with Gasteiger partial charge in [0.15, 0.2) is 20.0 Å². The topological polar surface area (TPSA) is 118 Å². The SMILES string of the molecule is O=C1OCCO1.O=S(=O)([N-]S(=O)(=O)C(F)(F)F)C(F)(F)F.[Li+]. The molecule has 0 aromatic heterocycles. The van der Waals surface area contributed by atoms with Crippen molar-refractivity contribution in [2.24, 2.45) is 0 Å². The molecule has 0 aliphatic carbocycles. The Morgan fingerprint density at radius 2 is 1.09 bits per heavy atom. The van der Waals surface area contributed by atoms with Crippen molar-refractivity contribution >= 4 is 26.2 Å². The fourth-order valence-electron chi connectivity index (χ4n) is 0.505. The molecule has 1 heterocycles. The van der Waals surface area contributed by atoms with Crippen LogP contribution in [0.25, 0.3) is 4.13 Å². The number of cyclic esters (lactones) is 2. The molecule has 1 saturated heterocycles. The van der Waals surface area contributed by atoms with Gasteiger partial charge in [-0.05, 0) is 0 Å². The minimum atomic E-state index is -6.72. The monoisotopic (exact) mass is 375 g/mol. The molecule has 0 radical (unpaired) electrons. The molecule has 22 heavy (non-hydrogen) atoms. The van der Waals surface area contributed by atoms with E-state index in [9.17, 15) is 48.0 Å². The van der Waals surface area contributed by atoms with Crippen molar-refractivity contribution in [3.05, 3.63) is 4.13 Å². The van der Waals surface area contributed by atoms with Crippen molar-refractivity contribution in [2.45, 2.75) is 11.0 Å². The van der Waals surface area contributed by atoms with E-state index < -0.39 is 37.2 Å². The van der Waals surface area contributed by atoms with Gasteiger partial charge in [0.25, 0.3) is 0 Å². The molecule has 0 amide bonds. The van der Waals surface area contributed by atoms with Crippen LogP contribution in [0, 0.1) is 0 Å². The van der Waals surface area contributed by atoms with E-state index >= 15 is 0 Å². The molecule has 0 unspecified atom stereocenters. The van der Waals surface area contributed by atoms with Crippen LogP contribution >= 0.6 is 0 Å². The summed E-state index contributed by atoms with van der Waals surface area (Å²) >= 11 is 0. The van der Waals surface area contributed by atoms with Crippen LogP contribution in [0.1, 0.15) is 0 Å². The Kier molecular flexibility index (Phi) is 8.28. The number of rotatable bonds is 2. The molecule has 1 rings (SSSR count). The van der Waals surface area contributed by atoms with Crippen LogP contribution in [0.2, 0.25) is 0 Å². The van der Waals surface area contributed by atoms with Crippen molar-refractivity contribution < 1.29 is 76.3 Å². The number of alkyl halides is 6. The van der Waals surface area contributed by atoms with Crippen LogP contribution in [-0.2, 0) is 29.5 Å². The third kappa shape index (κ3) is 7.04. The van der Waals surface area contributed by atoms with E-state index in [-0.39, 0.29) is 18.9 Å².